The van der Waals surface area contributed by atoms with E-state index in [0.29, 0.717) is 36.5 Å². The van der Waals surface area contributed by atoms with Gasteiger partial charge in [0, 0.05) is 18.8 Å². The average Bonchev–Trinajstić information content (AvgIpc) is 2.87. The lowest BCUT2D eigenvalue weighted by atomic mass is 10.1. The zero-order valence-corrected chi connectivity index (χ0v) is 10.8. The van der Waals surface area contributed by atoms with Crippen LogP contribution in [0.1, 0.15) is 16.8 Å². The minimum absolute atomic E-state index is 0.187. The van der Waals surface area contributed by atoms with Crippen molar-refractivity contribution in [1.29, 1.82) is 0 Å². The Hall–Kier alpha value is -2.24. The number of anilines is 1. The number of likely N-dealkylation sites (tertiary alicyclic amines) is 1. The third-order valence-electron chi connectivity index (χ3n) is 3.33. The number of rotatable bonds is 3. The van der Waals surface area contributed by atoms with Gasteiger partial charge >= 0.3 is 0 Å². The number of ether oxygens (including phenoxy) is 1. The van der Waals surface area contributed by atoms with E-state index in [-0.39, 0.29) is 17.7 Å². The molecule has 2 rings (SSSR count). The topological polar surface area (TPSA) is 98.7 Å². The smallest absolute Gasteiger partial charge is 0.257 e. The lowest BCUT2D eigenvalue weighted by Crippen LogP contribution is -2.32. The molecular weight excluding hydrogens is 246 g/mol. The summed E-state index contributed by atoms with van der Waals surface area (Å²) in [5.74, 6) is -0.347. The monoisotopic (exact) mass is 263 g/mol. The first-order valence-electron chi connectivity index (χ1n) is 6.05. The van der Waals surface area contributed by atoms with Crippen molar-refractivity contribution in [2.45, 2.75) is 6.42 Å². The molecule has 0 saturated carbocycles. The Morgan fingerprint density at radius 2 is 2.16 bits per heavy atom. The van der Waals surface area contributed by atoms with Crippen molar-refractivity contribution in [2.24, 2.45) is 11.7 Å². The van der Waals surface area contributed by atoms with Gasteiger partial charge in [-0.2, -0.15) is 0 Å². The third kappa shape index (κ3) is 2.62. The highest BCUT2D eigenvalue weighted by Gasteiger charge is 2.31. The minimum atomic E-state index is -0.366. The van der Waals surface area contributed by atoms with Crippen LogP contribution in [0.2, 0.25) is 0 Å². The predicted molar refractivity (Wildman–Crippen MR) is 70.6 cm³/mol. The molecule has 1 unspecified atom stereocenters. The van der Waals surface area contributed by atoms with Crippen LogP contribution in [0.25, 0.3) is 0 Å². The second kappa shape index (κ2) is 5.17. The van der Waals surface area contributed by atoms with Crippen molar-refractivity contribution >= 4 is 17.5 Å². The highest BCUT2D eigenvalue weighted by Crippen LogP contribution is 2.25. The lowest BCUT2D eigenvalue weighted by Gasteiger charge is -2.18. The maximum atomic E-state index is 12.4. The van der Waals surface area contributed by atoms with E-state index < -0.39 is 0 Å². The van der Waals surface area contributed by atoms with E-state index in [1.165, 1.54) is 7.11 Å². The standard InChI is InChI=1S/C13H17N3O3/c1-19-11-3-2-9(14)6-10(11)13(18)16-5-4-8(7-16)12(15)17/h2-3,6,8H,4-5,7,14H2,1H3,(H2,15,17). The van der Waals surface area contributed by atoms with Crippen molar-refractivity contribution in [2.75, 3.05) is 25.9 Å². The van der Waals surface area contributed by atoms with Gasteiger partial charge in [-0.05, 0) is 24.6 Å². The number of hydrogen-bond acceptors (Lipinski definition) is 4. The number of nitrogens with two attached hydrogens (primary N) is 2. The molecule has 1 fully saturated rings. The van der Waals surface area contributed by atoms with Crippen molar-refractivity contribution in [1.82, 2.24) is 4.90 Å². The van der Waals surface area contributed by atoms with Gasteiger partial charge in [-0.3, -0.25) is 9.59 Å². The number of nitrogen functional groups attached to an aromatic ring is 1. The molecule has 1 aromatic rings. The molecule has 102 valence electrons. The SMILES string of the molecule is COc1ccc(N)cc1C(=O)N1CCC(C(N)=O)C1. The summed E-state index contributed by atoms with van der Waals surface area (Å²) >= 11 is 0. The zero-order chi connectivity index (χ0) is 14.0. The molecule has 6 heteroatoms. The summed E-state index contributed by atoms with van der Waals surface area (Å²) in [6.07, 6.45) is 0.603. The fraction of sp³-hybridized carbons (Fsp3) is 0.385. The Kier molecular flexibility index (Phi) is 3.59. The Bertz CT molecular complexity index is 516. The number of hydrogen-bond donors (Lipinski definition) is 2. The van der Waals surface area contributed by atoms with Crippen LogP contribution >= 0.6 is 0 Å². The molecule has 1 aliphatic heterocycles. The largest absolute Gasteiger partial charge is 0.496 e. The Labute approximate surface area is 111 Å². The highest BCUT2D eigenvalue weighted by atomic mass is 16.5. The summed E-state index contributed by atoms with van der Waals surface area (Å²) < 4.78 is 5.16. The molecule has 19 heavy (non-hydrogen) atoms. The van der Waals surface area contributed by atoms with Crippen molar-refractivity contribution < 1.29 is 14.3 Å². The quantitative estimate of drug-likeness (QED) is 0.762. The van der Waals surface area contributed by atoms with E-state index in [2.05, 4.69) is 0 Å². The van der Waals surface area contributed by atoms with E-state index in [1.807, 2.05) is 0 Å². The highest BCUT2D eigenvalue weighted by molar-refractivity contribution is 5.98. The van der Waals surface area contributed by atoms with Gasteiger partial charge in [0.25, 0.3) is 5.91 Å². The van der Waals surface area contributed by atoms with Crippen molar-refractivity contribution in [3.8, 4) is 5.75 Å². The molecule has 1 aliphatic rings. The van der Waals surface area contributed by atoms with Crippen LogP contribution in [-0.4, -0.2) is 36.9 Å². The Morgan fingerprint density at radius 3 is 2.74 bits per heavy atom. The van der Waals surface area contributed by atoms with Gasteiger partial charge in [-0.1, -0.05) is 0 Å². The first kappa shape index (κ1) is 13.2. The van der Waals surface area contributed by atoms with Crippen LogP contribution in [0.4, 0.5) is 5.69 Å². The van der Waals surface area contributed by atoms with E-state index in [4.69, 9.17) is 16.2 Å². The molecule has 1 atom stereocenters. The number of methoxy groups -OCH3 is 1. The fourth-order valence-corrected chi connectivity index (χ4v) is 2.24. The molecular formula is C13H17N3O3. The zero-order valence-electron chi connectivity index (χ0n) is 10.8. The average molecular weight is 263 g/mol. The lowest BCUT2D eigenvalue weighted by molar-refractivity contribution is -0.121. The molecule has 1 aromatic carbocycles. The first-order chi connectivity index (χ1) is 9.02. The van der Waals surface area contributed by atoms with Gasteiger partial charge in [0.15, 0.2) is 0 Å². The van der Waals surface area contributed by atoms with Crippen molar-refractivity contribution in [3.63, 3.8) is 0 Å². The molecule has 0 bridgehead atoms. The minimum Gasteiger partial charge on any atom is -0.496 e. The Morgan fingerprint density at radius 1 is 1.42 bits per heavy atom. The van der Waals surface area contributed by atoms with Crippen LogP contribution in [0, 0.1) is 5.92 Å². The summed E-state index contributed by atoms with van der Waals surface area (Å²) in [6.45, 7) is 0.872. The van der Waals surface area contributed by atoms with Gasteiger partial charge in [0.1, 0.15) is 5.75 Å². The predicted octanol–water partition coefficient (Wildman–Crippen LogP) is 0.225. The van der Waals surface area contributed by atoms with E-state index in [1.54, 1.807) is 23.1 Å². The molecule has 0 radical (unpaired) electrons. The van der Waals surface area contributed by atoms with Gasteiger partial charge < -0.3 is 21.1 Å². The first-order valence-corrected chi connectivity index (χ1v) is 6.05. The number of amides is 2. The second-order valence-electron chi connectivity index (χ2n) is 4.60. The van der Waals surface area contributed by atoms with Gasteiger partial charge in [-0.25, -0.2) is 0 Å². The maximum Gasteiger partial charge on any atom is 0.257 e. The summed E-state index contributed by atoms with van der Waals surface area (Å²) in [5.41, 5.74) is 11.9. The van der Waals surface area contributed by atoms with Gasteiger partial charge in [-0.15, -0.1) is 0 Å². The number of benzene rings is 1. The summed E-state index contributed by atoms with van der Waals surface area (Å²) in [7, 11) is 1.50. The maximum absolute atomic E-state index is 12.4. The molecule has 1 saturated heterocycles. The summed E-state index contributed by atoms with van der Waals surface area (Å²) in [5, 5.41) is 0. The summed E-state index contributed by atoms with van der Waals surface area (Å²) in [6, 6.07) is 4.91. The second-order valence-corrected chi connectivity index (χ2v) is 4.60. The van der Waals surface area contributed by atoms with Crippen LogP contribution in [0.3, 0.4) is 0 Å². The van der Waals surface area contributed by atoms with Crippen LogP contribution in [0.5, 0.6) is 5.75 Å². The van der Waals surface area contributed by atoms with Crippen molar-refractivity contribution in [3.05, 3.63) is 23.8 Å². The molecule has 0 aromatic heterocycles. The van der Waals surface area contributed by atoms with E-state index in [9.17, 15) is 9.59 Å². The normalized spacial score (nSPS) is 18.4. The van der Waals surface area contributed by atoms with E-state index in [0.717, 1.165) is 0 Å². The number of carbonyl (C=O) groups is 2. The molecule has 1 heterocycles. The number of nitrogens with zero attached hydrogens (tertiary/aromatic N) is 1. The van der Waals surface area contributed by atoms with Crippen LogP contribution in [-0.2, 0) is 4.79 Å². The summed E-state index contributed by atoms with van der Waals surface area (Å²) in [4.78, 5) is 25.1. The third-order valence-corrected chi connectivity index (χ3v) is 3.33. The van der Waals surface area contributed by atoms with E-state index >= 15 is 0 Å². The molecule has 4 N–H and O–H groups in total. The molecule has 2 amide bonds. The molecule has 0 spiro atoms. The molecule has 0 aliphatic carbocycles. The van der Waals surface area contributed by atoms with Gasteiger partial charge in [0.2, 0.25) is 5.91 Å². The fourth-order valence-electron chi connectivity index (χ4n) is 2.24. The number of primary amides is 1. The van der Waals surface area contributed by atoms with Crippen LogP contribution in [0.15, 0.2) is 18.2 Å². The number of carbonyl (C=O) groups excluding carboxylic acids is 2. The molecule has 6 nitrogen and oxygen atoms in total. The Balaban J connectivity index is 2.21. The van der Waals surface area contributed by atoms with Crippen LogP contribution < -0.4 is 16.2 Å². The van der Waals surface area contributed by atoms with Gasteiger partial charge in [0.05, 0.1) is 18.6 Å².